The van der Waals surface area contributed by atoms with Crippen LogP contribution in [0.25, 0.3) is 10.8 Å². The van der Waals surface area contributed by atoms with Crippen LogP contribution in [-0.4, -0.2) is 43.1 Å². The normalized spacial score (nSPS) is 16.0. The van der Waals surface area contributed by atoms with Crippen molar-refractivity contribution < 1.29 is 9.53 Å². The Morgan fingerprint density at radius 3 is 2.59 bits per heavy atom. The second-order valence-electron chi connectivity index (χ2n) is 5.31. The summed E-state index contributed by atoms with van der Waals surface area (Å²) in [5.41, 5.74) is 0. The summed E-state index contributed by atoms with van der Waals surface area (Å²) in [6, 6.07) is 14.0. The van der Waals surface area contributed by atoms with Crippen LogP contribution in [-0.2, 0) is 4.79 Å². The van der Waals surface area contributed by atoms with Gasteiger partial charge >= 0.3 is 0 Å². The Morgan fingerprint density at radius 2 is 1.82 bits per heavy atom. The van der Waals surface area contributed by atoms with E-state index in [9.17, 15) is 4.79 Å². The molecule has 1 saturated heterocycles. The van der Waals surface area contributed by atoms with E-state index < -0.39 is 6.10 Å². The first-order valence-electron chi connectivity index (χ1n) is 7.39. The summed E-state index contributed by atoms with van der Waals surface area (Å²) >= 11 is 0. The van der Waals surface area contributed by atoms with Gasteiger partial charge in [-0.2, -0.15) is 0 Å². The third-order valence-corrected chi connectivity index (χ3v) is 3.83. The molecule has 1 heterocycles. The Balaban J connectivity index is 0.00000176. The van der Waals surface area contributed by atoms with Crippen LogP contribution in [0.1, 0.15) is 6.92 Å². The maximum absolute atomic E-state index is 12.4. The number of hydrogen-bond donors (Lipinski definition) is 1. The van der Waals surface area contributed by atoms with E-state index in [0.717, 1.165) is 42.7 Å². The van der Waals surface area contributed by atoms with E-state index in [2.05, 4.69) is 5.32 Å². The number of amides is 1. The van der Waals surface area contributed by atoms with Crippen molar-refractivity contribution in [1.82, 2.24) is 10.2 Å². The average molecular weight is 321 g/mol. The van der Waals surface area contributed by atoms with Crippen molar-refractivity contribution in [2.24, 2.45) is 0 Å². The maximum Gasteiger partial charge on any atom is 0.263 e. The van der Waals surface area contributed by atoms with Crippen molar-refractivity contribution in [3.63, 3.8) is 0 Å². The lowest BCUT2D eigenvalue weighted by Crippen LogP contribution is -2.50. The Hall–Kier alpha value is -1.78. The highest BCUT2D eigenvalue weighted by Gasteiger charge is 2.23. The zero-order valence-electron chi connectivity index (χ0n) is 12.6. The standard InChI is InChI=1S/C17H20N2O2.ClH/c1-13(17(20)19-11-9-18-10-12-19)21-16-8-4-6-14-5-2-3-7-15(14)16;/h2-8,13,18H,9-12H2,1H3;1H. The second-order valence-corrected chi connectivity index (χ2v) is 5.31. The first-order chi connectivity index (χ1) is 10.3. The fourth-order valence-electron chi connectivity index (χ4n) is 2.68. The predicted octanol–water partition coefficient (Wildman–Crippen LogP) is 2.46. The number of nitrogens with zero attached hydrogens (tertiary/aromatic N) is 1. The molecule has 4 nitrogen and oxygen atoms in total. The lowest BCUT2D eigenvalue weighted by Gasteiger charge is -2.30. The molecule has 2 aromatic rings. The minimum Gasteiger partial charge on any atom is -0.480 e. The first-order valence-corrected chi connectivity index (χ1v) is 7.39. The molecule has 22 heavy (non-hydrogen) atoms. The van der Waals surface area contributed by atoms with Gasteiger partial charge < -0.3 is 15.0 Å². The Bertz CT molecular complexity index is 636. The van der Waals surface area contributed by atoms with Crippen molar-refractivity contribution in [2.45, 2.75) is 13.0 Å². The van der Waals surface area contributed by atoms with Crippen LogP contribution in [0, 0.1) is 0 Å². The van der Waals surface area contributed by atoms with E-state index in [1.807, 2.05) is 54.3 Å². The molecular weight excluding hydrogens is 300 g/mol. The van der Waals surface area contributed by atoms with Gasteiger partial charge in [0.2, 0.25) is 0 Å². The summed E-state index contributed by atoms with van der Waals surface area (Å²) in [5, 5.41) is 5.41. The molecule has 1 aliphatic rings. The predicted molar refractivity (Wildman–Crippen MR) is 90.7 cm³/mol. The second kappa shape index (κ2) is 7.47. The van der Waals surface area contributed by atoms with Crippen LogP contribution < -0.4 is 10.1 Å². The van der Waals surface area contributed by atoms with Gasteiger partial charge in [0, 0.05) is 31.6 Å². The highest BCUT2D eigenvalue weighted by atomic mass is 35.5. The summed E-state index contributed by atoms with van der Waals surface area (Å²) in [4.78, 5) is 14.3. The molecule has 0 radical (unpaired) electrons. The number of nitrogens with one attached hydrogen (secondary N) is 1. The van der Waals surface area contributed by atoms with Crippen molar-refractivity contribution in [2.75, 3.05) is 26.2 Å². The Labute approximate surface area is 136 Å². The molecule has 3 rings (SSSR count). The number of fused-ring (bicyclic) bond motifs is 1. The lowest BCUT2D eigenvalue weighted by atomic mass is 10.1. The van der Waals surface area contributed by atoms with E-state index in [4.69, 9.17) is 4.74 Å². The van der Waals surface area contributed by atoms with Crippen molar-refractivity contribution in [3.8, 4) is 5.75 Å². The summed E-state index contributed by atoms with van der Waals surface area (Å²) in [7, 11) is 0. The minimum absolute atomic E-state index is 0. The van der Waals surface area contributed by atoms with Gasteiger partial charge in [-0.05, 0) is 18.4 Å². The number of carbonyl (C=O) groups is 1. The molecule has 0 aliphatic carbocycles. The van der Waals surface area contributed by atoms with E-state index in [0.29, 0.717) is 0 Å². The van der Waals surface area contributed by atoms with E-state index >= 15 is 0 Å². The summed E-state index contributed by atoms with van der Waals surface area (Å²) < 4.78 is 5.93. The molecule has 5 heteroatoms. The number of carbonyl (C=O) groups excluding carboxylic acids is 1. The lowest BCUT2D eigenvalue weighted by molar-refractivity contribution is -0.138. The van der Waals surface area contributed by atoms with Crippen molar-refractivity contribution in [1.29, 1.82) is 0 Å². The van der Waals surface area contributed by atoms with E-state index in [-0.39, 0.29) is 18.3 Å². The van der Waals surface area contributed by atoms with Gasteiger partial charge in [0.1, 0.15) is 5.75 Å². The highest BCUT2D eigenvalue weighted by Crippen LogP contribution is 2.26. The molecule has 0 saturated carbocycles. The zero-order valence-corrected chi connectivity index (χ0v) is 13.4. The van der Waals surface area contributed by atoms with Gasteiger partial charge in [-0.15, -0.1) is 12.4 Å². The Kier molecular flexibility index (Phi) is 5.63. The fraction of sp³-hybridized carbons (Fsp3) is 0.353. The van der Waals surface area contributed by atoms with E-state index in [1.165, 1.54) is 0 Å². The number of rotatable bonds is 3. The largest absolute Gasteiger partial charge is 0.480 e. The van der Waals surface area contributed by atoms with Gasteiger partial charge in [-0.25, -0.2) is 0 Å². The molecule has 0 aromatic heterocycles. The summed E-state index contributed by atoms with van der Waals surface area (Å²) in [5.74, 6) is 0.827. The van der Waals surface area contributed by atoms with Gasteiger partial charge in [0.05, 0.1) is 0 Å². The number of piperazine rings is 1. The molecule has 1 unspecified atom stereocenters. The number of hydrogen-bond acceptors (Lipinski definition) is 3. The molecule has 1 amide bonds. The van der Waals surface area contributed by atoms with Crippen LogP contribution in [0.15, 0.2) is 42.5 Å². The van der Waals surface area contributed by atoms with Crippen molar-refractivity contribution >= 4 is 29.1 Å². The third-order valence-electron chi connectivity index (χ3n) is 3.83. The molecule has 1 fully saturated rings. The molecule has 0 spiro atoms. The van der Waals surface area contributed by atoms with Crippen LogP contribution >= 0.6 is 12.4 Å². The van der Waals surface area contributed by atoms with Crippen LogP contribution in [0.5, 0.6) is 5.75 Å². The topological polar surface area (TPSA) is 41.6 Å². The minimum atomic E-state index is -0.464. The molecular formula is C17H21ClN2O2. The van der Waals surface area contributed by atoms with Crippen LogP contribution in [0.2, 0.25) is 0 Å². The molecule has 1 N–H and O–H groups in total. The fourth-order valence-corrected chi connectivity index (χ4v) is 2.68. The average Bonchev–Trinajstić information content (AvgIpc) is 2.55. The maximum atomic E-state index is 12.4. The van der Waals surface area contributed by atoms with Crippen LogP contribution in [0.4, 0.5) is 0 Å². The number of ether oxygens (including phenoxy) is 1. The number of benzene rings is 2. The smallest absolute Gasteiger partial charge is 0.263 e. The molecule has 1 atom stereocenters. The zero-order chi connectivity index (χ0) is 14.7. The van der Waals surface area contributed by atoms with Crippen molar-refractivity contribution in [3.05, 3.63) is 42.5 Å². The van der Waals surface area contributed by atoms with Gasteiger partial charge in [-0.3, -0.25) is 4.79 Å². The van der Waals surface area contributed by atoms with Crippen LogP contribution in [0.3, 0.4) is 0 Å². The third kappa shape index (κ3) is 3.51. The van der Waals surface area contributed by atoms with E-state index in [1.54, 1.807) is 0 Å². The number of halogens is 1. The Morgan fingerprint density at radius 1 is 1.14 bits per heavy atom. The summed E-state index contributed by atoms with van der Waals surface area (Å²) in [6.07, 6.45) is -0.464. The summed E-state index contributed by atoms with van der Waals surface area (Å²) in [6.45, 7) is 5.04. The van der Waals surface area contributed by atoms with Gasteiger partial charge in [-0.1, -0.05) is 36.4 Å². The molecule has 118 valence electrons. The highest BCUT2D eigenvalue weighted by molar-refractivity contribution is 5.89. The van der Waals surface area contributed by atoms with Gasteiger partial charge in [0.25, 0.3) is 5.91 Å². The molecule has 1 aliphatic heterocycles. The molecule has 2 aromatic carbocycles. The monoisotopic (exact) mass is 320 g/mol. The quantitative estimate of drug-likeness (QED) is 0.944. The molecule has 0 bridgehead atoms. The SMILES string of the molecule is CC(Oc1cccc2ccccc12)C(=O)N1CCNCC1.Cl. The first kappa shape index (κ1) is 16.6. The van der Waals surface area contributed by atoms with Gasteiger partial charge in [0.15, 0.2) is 6.10 Å².